The summed E-state index contributed by atoms with van der Waals surface area (Å²) in [5.74, 6) is 1.13. The van der Waals surface area contributed by atoms with E-state index in [-0.39, 0.29) is 0 Å². The van der Waals surface area contributed by atoms with Crippen LogP contribution >= 0.6 is 11.8 Å². The Morgan fingerprint density at radius 3 is 2.64 bits per heavy atom. The highest BCUT2D eigenvalue weighted by molar-refractivity contribution is 7.99. The molecule has 3 heteroatoms. The van der Waals surface area contributed by atoms with Gasteiger partial charge in [0.25, 0.3) is 0 Å². The van der Waals surface area contributed by atoms with E-state index in [2.05, 4.69) is 13.8 Å². The van der Waals surface area contributed by atoms with Crippen molar-refractivity contribution in [2.45, 2.75) is 58.0 Å². The quantitative estimate of drug-likeness (QED) is 0.478. The summed E-state index contributed by atoms with van der Waals surface area (Å²) in [6, 6.07) is 0. The third kappa shape index (κ3) is 8.85. The molecule has 0 aliphatic carbocycles. The fourth-order valence-electron chi connectivity index (χ4n) is 1.01. The molecule has 0 radical (unpaired) electrons. The Kier molecular flexibility index (Phi) is 10.0. The van der Waals surface area contributed by atoms with Crippen LogP contribution in [-0.4, -0.2) is 29.0 Å². The summed E-state index contributed by atoms with van der Waals surface area (Å²) >= 11 is 1.98. The molecule has 0 aromatic rings. The molecule has 0 bridgehead atoms. The molecule has 0 saturated heterocycles. The summed E-state index contributed by atoms with van der Waals surface area (Å²) in [7, 11) is 0. The largest absolute Gasteiger partial charge is 0.368 e. The lowest BCUT2D eigenvalue weighted by molar-refractivity contribution is -0.102. The molecule has 86 valence electrons. The first-order valence-electron chi connectivity index (χ1n) is 5.62. The van der Waals surface area contributed by atoms with Crippen LogP contribution in [0.25, 0.3) is 0 Å². The van der Waals surface area contributed by atoms with E-state index in [1.165, 1.54) is 6.42 Å². The number of hydrogen-bond acceptors (Lipinski definition) is 3. The lowest BCUT2D eigenvalue weighted by Crippen LogP contribution is -2.12. The van der Waals surface area contributed by atoms with Crippen molar-refractivity contribution in [2.24, 2.45) is 0 Å². The molecule has 0 saturated carbocycles. The first-order chi connectivity index (χ1) is 6.70. The van der Waals surface area contributed by atoms with Crippen molar-refractivity contribution in [2.75, 3.05) is 12.4 Å². The van der Waals surface area contributed by atoms with Crippen LogP contribution in [0, 0.1) is 0 Å². The molecule has 2 nitrogen and oxygen atoms in total. The van der Waals surface area contributed by atoms with Gasteiger partial charge in [-0.15, -0.1) is 0 Å². The van der Waals surface area contributed by atoms with E-state index in [9.17, 15) is 5.11 Å². The van der Waals surface area contributed by atoms with Gasteiger partial charge in [-0.05, 0) is 25.0 Å². The zero-order chi connectivity index (χ0) is 10.8. The minimum atomic E-state index is -0.548. The van der Waals surface area contributed by atoms with Gasteiger partial charge in [-0.1, -0.05) is 27.2 Å². The van der Waals surface area contributed by atoms with Gasteiger partial charge >= 0.3 is 0 Å². The molecule has 0 aromatic carbocycles. The molecule has 0 aromatic heterocycles. The maximum absolute atomic E-state index is 9.27. The van der Waals surface area contributed by atoms with E-state index in [1.54, 1.807) is 0 Å². The molecule has 0 aliphatic heterocycles. The van der Waals surface area contributed by atoms with Crippen LogP contribution in [0.5, 0.6) is 0 Å². The molecule has 0 aliphatic rings. The lowest BCUT2D eigenvalue weighted by atomic mass is 10.3. The molecular weight excluding hydrogens is 196 g/mol. The highest BCUT2D eigenvalue weighted by Gasteiger charge is 2.02. The fraction of sp³-hybridized carbons (Fsp3) is 1.00. The minimum Gasteiger partial charge on any atom is -0.368 e. The van der Waals surface area contributed by atoms with Crippen LogP contribution in [0.1, 0.15) is 46.5 Å². The van der Waals surface area contributed by atoms with E-state index >= 15 is 0 Å². The van der Waals surface area contributed by atoms with Gasteiger partial charge in [-0.25, -0.2) is 0 Å². The van der Waals surface area contributed by atoms with E-state index in [4.69, 9.17) is 4.74 Å². The summed E-state index contributed by atoms with van der Waals surface area (Å²) in [4.78, 5) is 0. The number of hydrogen-bond donors (Lipinski definition) is 1. The molecule has 0 fully saturated rings. The van der Waals surface area contributed by atoms with E-state index in [1.807, 2.05) is 18.7 Å². The maximum atomic E-state index is 9.27. The fourth-order valence-corrected chi connectivity index (χ4v) is 1.93. The number of aliphatic hydroxyl groups is 1. The number of aliphatic hydroxyl groups excluding tert-OH is 1. The summed E-state index contributed by atoms with van der Waals surface area (Å²) in [5, 5.41) is 10.0. The normalized spacial score (nSPS) is 15.4. The molecule has 2 unspecified atom stereocenters. The Hall–Kier alpha value is 0.270. The Balaban J connectivity index is 3.13. The smallest absolute Gasteiger partial charge is 0.154 e. The highest BCUT2D eigenvalue weighted by atomic mass is 32.2. The van der Waals surface area contributed by atoms with Gasteiger partial charge in [0, 0.05) is 5.25 Å². The van der Waals surface area contributed by atoms with Crippen LogP contribution in [-0.2, 0) is 4.74 Å². The zero-order valence-corrected chi connectivity index (χ0v) is 10.5. The predicted octanol–water partition coefficient (Wildman–Crippen LogP) is 3.04. The highest BCUT2D eigenvalue weighted by Crippen LogP contribution is 2.14. The Bertz CT molecular complexity index is 120. The van der Waals surface area contributed by atoms with E-state index in [0.29, 0.717) is 6.61 Å². The van der Waals surface area contributed by atoms with Crippen molar-refractivity contribution in [3.63, 3.8) is 0 Å². The third-order valence-electron chi connectivity index (χ3n) is 2.11. The second-order valence-electron chi connectivity index (χ2n) is 3.56. The van der Waals surface area contributed by atoms with Crippen LogP contribution in [0.4, 0.5) is 0 Å². The average molecular weight is 220 g/mol. The number of thioether (sulfide) groups is 1. The van der Waals surface area contributed by atoms with Crippen molar-refractivity contribution in [3.05, 3.63) is 0 Å². The van der Waals surface area contributed by atoms with Gasteiger partial charge in [-0.3, -0.25) is 0 Å². The zero-order valence-electron chi connectivity index (χ0n) is 9.66. The van der Waals surface area contributed by atoms with Gasteiger partial charge in [0.05, 0.1) is 6.61 Å². The third-order valence-corrected chi connectivity index (χ3v) is 3.54. The van der Waals surface area contributed by atoms with Crippen LogP contribution < -0.4 is 0 Å². The van der Waals surface area contributed by atoms with Gasteiger partial charge in [0.2, 0.25) is 0 Å². The number of rotatable bonds is 9. The van der Waals surface area contributed by atoms with Crippen LogP contribution in [0.15, 0.2) is 0 Å². The minimum absolute atomic E-state index is 0.548. The lowest BCUT2D eigenvalue weighted by Gasteiger charge is -2.11. The summed E-state index contributed by atoms with van der Waals surface area (Å²) in [6.45, 7) is 7.19. The van der Waals surface area contributed by atoms with Gasteiger partial charge < -0.3 is 9.84 Å². The molecule has 0 spiro atoms. The first kappa shape index (κ1) is 14.3. The standard InChI is InChI=1S/C11H24O2S/c1-4-7-11(12)13-8-6-9-14-10(3)5-2/h10-12H,4-9H2,1-3H3. The Morgan fingerprint density at radius 1 is 1.36 bits per heavy atom. The van der Waals surface area contributed by atoms with Crippen molar-refractivity contribution in [3.8, 4) is 0 Å². The van der Waals surface area contributed by atoms with Crippen LogP contribution in [0.2, 0.25) is 0 Å². The van der Waals surface area contributed by atoms with Crippen molar-refractivity contribution in [1.29, 1.82) is 0 Å². The molecule has 0 amide bonds. The van der Waals surface area contributed by atoms with E-state index in [0.717, 1.165) is 30.3 Å². The molecular formula is C11H24O2S. The Morgan fingerprint density at radius 2 is 2.07 bits per heavy atom. The van der Waals surface area contributed by atoms with Crippen LogP contribution in [0.3, 0.4) is 0 Å². The van der Waals surface area contributed by atoms with Gasteiger partial charge in [0.1, 0.15) is 0 Å². The van der Waals surface area contributed by atoms with E-state index < -0.39 is 6.29 Å². The SMILES string of the molecule is CCCC(O)OCCCSC(C)CC. The maximum Gasteiger partial charge on any atom is 0.154 e. The molecule has 14 heavy (non-hydrogen) atoms. The second-order valence-corrected chi connectivity index (χ2v) is 5.10. The first-order valence-corrected chi connectivity index (χ1v) is 6.66. The average Bonchev–Trinajstić information content (AvgIpc) is 2.17. The van der Waals surface area contributed by atoms with Crippen molar-refractivity contribution >= 4 is 11.8 Å². The monoisotopic (exact) mass is 220 g/mol. The predicted molar refractivity (Wildman–Crippen MR) is 63.7 cm³/mol. The molecule has 1 N–H and O–H groups in total. The Labute approximate surface area is 92.4 Å². The second kappa shape index (κ2) is 9.81. The van der Waals surface area contributed by atoms with Crippen molar-refractivity contribution in [1.82, 2.24) is 0 Å². The number of ether oxygens (including phenoxy) is 1. The molecule has 2 atom stereocenters. The summed E-state index contributed by atoms with van der Waals surface area (Å²) < 4.78 is 5.24. The van der Waals surface area contributed by atoms with Gasteiger partial charge in [0.15, 0.2) is 6.29 Å². The summed E-state index contributed by atoms with van der Waals surface area (Å²) in [6.07, 6.45) is 3.44. The molecule has 0 rings (SSSR count). The van der Waals surface area contributed by atoms with Crippen molar-refractivity contribution < 1.29 is 9.84 Å². The van der Waals surface area contributed by atoms with Gasteiger partial charge in [-0.2, -0.15) is 11.8 Å². The topological polar surface area (TPSA) is 29.5 Å². The molecule has 0 heterocycles. The summed E-state index contributed by atoms with van der Waals surface area (Å²) in [5.41, 5.74) is 0.